The summed E-state index contributed by atoms with van der Waals surface area (Å²) < 4.78 is 7.85. The van der Waals surface area contributed by atoms with Gasteiger partial charge in [0, 0.05) is 39.1 Å². The van der Waals surface area contributed by atoms with Gasteiger partial charge in [0.15, 0.2) is 5.78 Å². The van der Waals surface area contributed by atoms with E-state index in [2.05, 4.69) is 31.3 Å². The number of carbonyl (C=O) groups excluding carboxylic acids is 1. The zero-order valence-corrected chi connectivity index (χ0v) is 24.5. The van der Waals surface area contributed by atoms with Gasteiger partial charge in [0.05, 0.1) is 0 Å². The Hall–Kier alpha value is -3.26. The predicted molar refractivity (Wildman–Crippen MR) is 160 cm³/mol. The zero-order valence-electron chi connectivity index (χ0n) is 22.2. The second-order valence-electron chi connectivity index (χ2n) is 10.9. The summed E-state index contributed by atoms with van der Waals surface area (Å²) in [5, 5.41) is 10.1. The average Bonchev–Trinajstić information content (AvgIpc) is 3.33. The van der Waals surface area contributed by atoms with E-state index in [9.17, 15) is 4.79 Å². The van der Waals surface area contributed by atoms with Gasteiger partial charge in [-0.2, -0.15) is 4.98 Å². The number of halogens is 2. The number of ketones is 1. The van der Waals surface area contributed by atoms with Gasteiger partial charge in [-0.1, -0.05) is 97.3 Å². The number of carbonyl (C=O) groups is 1. The number of ether oxygens (including phenoxy) is 1. The van der Waals surface area contributed by atoms with Crippen molar-refractivity contribution in [3.8, 4) is 5.75 Å². The number of nitrogens with zero attached hydrogens (tertiary/aromatic N) is 3. The lowest BCUT2D eigenvalue weighted by Gasteiger charge is -2.38. The van der Waals surface area contributed by atoms with Crippen LogP contribution >= 0.6 is 35.0 Å². The highest BCUT2D eigenvalue weighted by atomic mass is 35.5. The van der Waals surface area contributed by atoms with Crippen molar-refractivity contribution in [2.75, 3.05) is 5.32 Å². The van der Waals surface area contributed by atoms with E-state index in [0.717, 1.165) is 34.6 Å². The molecule has 6 nitrogen and oxygen atoms in total. The number of allylic oxidation sites excluding steroid dienone is 2. The highest BCUT2D eigenvalue weighted by Gasteiger charge is 2.41. The number of nitrogens with one attached hydrogen (secondary N) is 1. The quantitative estimate of drug-likeness (QED) is 0.219. The molecule has 1 aliphatic carbocycles. The molecule has 0 saturated carbocycles. The number of rotatable bonds is 7. The predicted octanol–water partition coefficient (Wildman–Crippen LogP) is 8.11. The number of fused-ring (bicyclic) bond motifs is 1. The first-order chi connectivity index (χ1) is 19.3. The van der Waals surface area contributed by atoms with Gasteiger partial charge in [-0.15, -0.1) is 5.10 Å². The highest BCUT2D eigenvalue weighted by molar-refractivity contribution is 7.98. The Morgan fingerprint density at radius 3 is 2.58 bits per heavy atom. The minimum atomic E-state index is -0.367. The minimum absolute atomic E-state index is 0.124. The number of aromatic nitrogens is 3. The van der Waals surface area contributed by atoms with Gasteiger partial charge >= 0.3 is 0 Å². The minimum Gasteiger partial charge on any atom is -0.489 e. The molecule has 0 bridgehead atoms. The summed E-state index contributed by atoms with van der Waals surface area (Å²) >= 11 is 13.9. The van der Waals surface area contributed by atoms with Crippen molar-refractivity contribution in [3.63, 3.8) is 0 Å². The summed E-state index contributed by atoms with van der Waals surface area (Å²) in [4.78, 5) is 18.3. The van der Waals surface area contributed by atoms with E-state index in [1.165, 1.54) is 5.56 Å². The molecule has 0 spiro atoms. The molecule has 0 amide bonds. The van der Waals surface area contributed by atoms with Gasteiger partial charge in [0.2, 0.25) is 11.1 Å². The van der Waals surface area contributed by atoms with E-state index in [0.29, 0.717) is 39.9 Å². The van der Waals surface area contributed by atoms with Crippen LogP contribution < -0.4 is 10.1 Å². The van der Waals surface area contributed by atoms with Crippen molar-refractivity contribution < 1.29 is 9.53 Å². The standard InChI is InChI=1S/C31H28Cl2N4O2S/c1-31(2)15-25-27(26(38)16-31)28(37-29(34-25)35-30(36-37)40-18-19-6-4-3-5-7-19)20-9-12-23(13-10-20)39-17-21-8-11-22(32)14-24(21)33/h3-14,28H,15-18H2,1-2H3,(H,34,35,36). The number of Topliss-reactive ketones (excluding diaryl/α,β-unsaturated/α-hetero) is 1. The molecule has 1 aromatic heterocycles. The molecule has 3 aromatic carbocycles. The van der Waals surface area contributed by atoms with Crippen LogP contribution in [-0.4, -0.2) is 20.5 Å². The number of benzene rings is 3. The van der Waals surface area contributed by atoms with Crippen LogP contribution in [0.15, 0.2) is 89.2 Å². The maximum Gasteiger partial charge on any atom is 0.227 e. The number of anilines is 1. The molecule has 0 radical (unpaired) electrons. The smallest absolute Gasteiger partial charge is 0.227 e. The van der Waals surface area contributed by atoms with Crippen LogP contribution in [0.4, 0.5) is 5.95 Å². The van der Waals surface area contributed by atoms with Gasteiger partial charge in [-0.05, 0) is 47.2 Å². The monoisotopic (exact) mass is 590 g/mol. The Morgan fingerprint density at radius 1 is 1.05 bits per heavy atom. The summed E-state index contributed by atoms with van der Waals surface area (Å²) in [5.74, 6) is 2.26. The van der Waals surface area contributed by atoms with Crippen LogP contribution in [0.5, 0.6) is 5.75 Å². The first-order valence-electron chi connectivity index (χ1n) is 13.1. The third-order valence-electron chi connectivity index (χ3n) is 7.13. The van der Waals surface area contributed by atoms with Crippen LogP contribution in [0, 0.1) is 5.41 Å². The molecule has 6 rings (SSSR count). The molecule has 1 N–H and O–H groups in total. The summed E-state index contributed by atoms with van der Waals surface area (Å²) in [6.07, 6.45) is 1.26. The molecular weight excluding hydrogens is 563 g/mol. The van der Waals surface area contributed by atoms with E-state index in [1.807, 2.05) is 53.2 Å². The Labute approximate surface area is 247 Å². The second kappa shape index (κ2) is 11.0. The van der Waals surface area contributed by atoms with E-state index in [4.69, 9.17) is 38.0 Å². The largest absolute Gasteiger partial charge is 0.489 e. The van der Waals surface area contributed by atoms with Gasteiger partial charge in [-0.3, -0.25) is 4.79 Å². The van der Waals surface area contributed by atoms with Crippen molar-refractivity contribution in [1.82, 2.24) is 14.8 Å². The first kappa shape index (κ1) is 26.9. The van der Waals surface area contributed by atoms with Crippen molar-refractivity contribution in [2.45, 2.75) is 50.2 Å². The van der Waals surface area contributed by atoms with Crippen molar-refractivity contribution in [2.24, 2.45) is 5.41 Å². The topological polar surface area (TPSA) is 69.0 Å². The van der Waals surface area contributed by atoms with Gasteiger partial charge in [0.1, 0.15) is 18.4 Å². The number of hydrogen-bond donors (Lipinski definition) is 1. The maximum absolute atomic E-state index is 13.5. The SMILES string of the molecule is CC1(C)CC(=O)C2=C(C1)Nc1nc(SCc3ccccc3)nn1C2c1ccc(OCc2ccc(Cl)cc2Cl)cc1. The summed E-state index contributed by atoms with van der Waals surface area (Å²) in [7, 11) is 0. The molecule has 40 heavy (non-hydrogen) atoms. The fraction of sp³-hybridized carbons (Fsp3) is 0.258. The number of hydrogen-bond acceptors (Lipinski definition) is 6. The average molecular weight is 592 g/mol. The van der Waals surface area contributed by atoms with E-state index >= 15 is 0 Å². The second-order valence-corrected chi connectivity index (χ2v) is 12.7. The molecule has 2 aliphatic rings. The fourth-order valence-electron chi connectivity index (χ4n) is 5.23. The Bertz CT molecular complexity index is 1600. The van der Waals surface area contributed by atoms with Crippen LogP contribution in [0.2, 0.25) is 10.0 Å². The third kappa shape index (κ3) is 5.64. The lowest BCUT2D eigenvalue weighted by Crippen LogP contribution is -2.36. The molecule has 0 fully saturated rings. The molecule has 1 atom stereocenters. The van der Waals surface area contributed by atoms with Gasteiger partial charge in [0.25, 0.3) is 0 Å². The number of thioether (sulfide) groups is 1. The molecule has 4 aromatic rings. The molecule has 2 heterocycles. The molecule has 9 heteroatoms. The van der Waals surface area contributed by atoms with Crippen LogP contribution in [-0.2, 0) is 17.2 Å². The van der Waals surface area contributed by atoms with Crippen LogP contribution in [0.1, 0.15) is 49.4 Å². The molecule has 0 saturated heterocycles. The maximum atomic E-state index is 13.5. The van der Waals surface area contributed by atoms with Crippen molar-refractivity contribution in [1.29, 1.82) is 0 Å². The zero-order chi connectivity index (χ0) is 27.9. The lowest BCUT2D eigenvalue weighted by atomic mass is 9.73. The van der Waals surface area contributed by atoms with Gasteiger partial charge < -0.3 is 10.1 Å². The van der Waals surface area contributed by atoms with Gasteiger partial charge in [-0.25, -0.2) is 4.68 Å². The molecule has 1 unspecified atom stereocenters. The normalized spacial score (nSPS) is 17.7. The van der Waals surface area contributed by atoms with Crippen molar-refractivity contribution in [3.05, 3.63) is 111 Å². The Kier molecular flexibility index (Phi) is 7.38. The molecular formula is C31H28Cl2N4O2S. The van der Waals surface area contributed by atoms with Crippen LogP contribution in [0.25, 0.3) is 0 Å². The van der Waals surface area contributed by atoms with E-state index in [1.54, 1.807) is 23.9 Å². The third-order valence-corrected chi connectivity index (χ3v) is 8.62. The van der Waals surface area contributed by atoms with E-state index in [-0.39, 0.29) is 17.2 Å². The summed E-state index contributed by atoms with van der Waals surface area (Å²) in [6, 6.07) is 23.1. The summed E-state index contributed by atoms with van der Waals surface area (Å²) in [6.45, 7) is 4.58. The Morgan fingerprint density at radius 2 is 1.82 bits per heavy atom. The highest BCUT2D eigenvalue weighted by Crippen LogP contribution is 2.46. The Balaban J connectivity index is 1.29. The van der Waals surface area contributed by atoms with Crippen LogP contribution in [0.3, 0.4) is 0 Å². The fourth-order valence-corrected chi connectivity index (χ4v) is 6.47. The molecule has 1 aliphatic heterocycles. The first-order valence-corrected chi connectivity index (χ1v) is 14.8. The van der Waals surface area contributed by atoms with Crippen molar-refractivity contribution >= 4 is 46.7 Å². The molecule has 204 valence electrons. The lowest BCUT2D eigenvalue weighted by molar-refractivity contribution is -0.118. The summed E-state index contributed by atoms with van der Waals surface area (Å²) in [5.41, 5.74) is 4.58. The van der Waals surface area contributed by atoms with E-state index < -0.39 is 0 Å².